The van der Waals surface area contributed by atoms with Crippen LogP contribution in [0.5, 0.6) is 11.5 Å². The molecule has 0 atom stereocenters. The minimum atomic E-state index is 0.275. The summed E-state index contributed by atoms with van der Waals surface area (Å²) in [6, 6.07) is 13.5. The highest BCUT2D eigenvalue weighted by Crippen LogP contribution is 2.28. The lowest BCUT2D eigenvalue weighted by atomic mass is 10.2. The largest absolute Gasteiger partial charge is 0.506 e. The van der Waals surface area contributed by atoms with Crippen molar-refractivity contribution in [3.63, 3.8) is 0 Å². The maximum atomic E-state index is 9.96. The van der Waals surface area contributed by atoms with E-state index in [4.69, 9.17) is 4.74 Å². The maximum Gasteiger partial charge on any atom is 0.134 e. The molecule has 4 heteroatoms. The Morgan fingerprint density at radius 3 is 2.71 bits per heavy atom. The Hall–Kier alpha value is -1.68. The van der Waals surface area contributed by atoms with E-state index in [1.165, 1.54) is 0 Å². The Bertz CT molecular complexity index is 599. The lowest BCUT2D eigenvalue weighted by molar-refractivity contribution is 0.271. The van der Waals surface area contributed by atoms with Gasteiger partial charge in [0.15, 0.2) is 0 Å². The molecule has 0 radical (unpaired) electrons. The number of ether oxygens (including phenoxy) is 1. The minimum absolute atomic E-state index is 0.275. The monoisotopic (exact) mass is 349 g/mol. The zero-order valence-corrected chi connectivity index (χ0v) is 13.9. The molecule has 0 amide bonds. The summed E-state index contributed by atoms with van der Waals surface area (Å²) in [4.78, 5) is 0. The molecule has 2 N–H and O–H groups in total. The van der Waals surface area contributed by atoms with Gasteiger partial charge in [-0.25, -0.2) is 0 Å². The van der Waals surface area contributed by atoms with Crippen molar-refractivity contribution in [2.45, 2.75) is 20.4 Å². The number of rotatable bonds is 6. The van der Waals surface area contributed by atoms with Gasteiger partial charge in [0.05, 0.1) is 11.1 Å². The van der Waals surface area contributed by atoms with Crippen molar-refractivity contribution in [2.75, 3.05) is 11.9 Å². The van der Waals surface area contributed by atoms with Crippen LogP contribution in [0.2, 0.25) is 0 Å². The minimum Gasteiger partial charge on any atom is -0.506 e. The van der Waals surface area contributed by atoms with E-state index in [0.29, 0.717) is 23.5 Å². The molecule has 0 aliphatic rings. The molecule has 3 nitrogen and oxygen atoms in total. The van der Waals surface area contributed by atoms with Crippen LogP contribution in [0.1, 0.15) is 19.4 Å². The van der Waals surface area contributed by atoms with Crippen LogP contribution in [-0.2, 0) is 6.54 Å². The van der Waals surface area contributed by atoms with Gasteiger partial charge in [0.25, 0.3) is 0 Å². The molecule has 21 heavy (non-hydrogen) atoms. The van der Waals surface area contributed by atoms with Crippen molar-refractivity contribution in [1.29, 1.82) is 0 Å². The fraction of sp³-hybridized carbons (Fsp3) is 0.294. The van der Waals surface area contributed by atoms with Crippen molar-refractivity contribution in [3.8, 4) is 11.5 Å². The fourth-order valence-electron chi connectivity index (χ4n) is 1.86. The Morgan fingerprint density at radius 1 is 1.19 bits per heavy atom. The van der Waals surface area contributed by atoms with Crippen LogP contribution >= 0.6 is 15.9 Å². The molecule has 0 bridgehead atoms. The topological polar surface area (TPSA) is 41.5 Å². The first-order chi connectivity index (χ1) is 10.1. The first kappa shape index (κ1) is 15.7. The molecule has 0 fully saturated rings. The third-order valence-corrected chi connectivity index (χ3v) is 3.61. The van der Waals surface area contributed by atoms with Gasteiger partial charge in [0.2, 0.25) is 0 Å². The van der Waals surface area contributed by atoms with E-state index in [0.717, 1.165) is 17.0 Å². The van der Waals surface area contributed by atoms with Gasteiger partial charge < -0.3 is 15.2 Å². The Labute approximate surface area is 134 Å². The van der Waals surface area contributed by atoms with Crippen LogP contribution in [0, 0.1) is 5.92 Å². The number of nitrogens with one attached hydrogen (secondary N) is 1. The molecule has 0 heterocycles. The molecule has 0 spiro atoms. The van der Waals surface area contributed by atoms with Crippen LogP contribution in [0.25, 0.3) is 0 Å². The van der Waals surface area contributed by atoms with E-state index in [1.54, 1.807) is 0 Å². The third-order valence-electron chi connectivity index (χ3n) is 2.97. The van der Waals surface area contributed by atoms with Crippen molar-refractivity contribution in [2.24, 2.45) is 5.92 Å². The molecule has 0 unspecified atom stereocenters. The van der Waals surface area contributed by atoms with Gasteiger partial charge in [-0.3, -0.25) is 0 Å². The van der Waals surface area contributed by atoms with E-state index in [9.17, 15) is 5.11 Å². The van der Waals surface area contributed by atoms with Crippen LogP contribution in [0.3, 0.4) is 0 Å². The van der Waals surface area contributed by atoms with Gasteiger partial charge in [-0.05, 0) is 40.0 Å². The van der Waals surface area contributed by atoms with E-state index >= 15 is 0 Å². The van der Waals surface area contributed by atoms with Gasteiger partial charge in [-0.2, -0.15) is 0 Å². The number of aromatic hydroxyl groups is 1. The quantitative estimate of drug-likeness (QED) is 0.786. The van der Waals surface area contributed by atoms with Crippen molar-refractivity contribution in [1.82, 2.24) is 0 Å². The number of phenolic OH excluding ortho intramolecular Hbond substituents is 1. The SMILES string of the molecule is CC(C)COc1cccc(NCc2cccc(Br)c2O)c1. The second-order valence-electron chi connectivity index (χ2n) is 5.33. The first-order valence-electron chi connectivity index (χ1n) is 6.99. The fourth-order valence-corrected chi connectivity index (χ4v) is 2.27. The van der Waals surface area contributed by atoms with Gasteiger partial charge in [0.1, 0.15) is 11.5 Å². The third kappa shape index (κ3) is 4.67. The Kier molecular flexibility index (Phi) is 5.51. The molecule has 2 aromatic rings. The summed E-state index contributed by atoms with van der Waals surface area (Å²) in [6.07, 6.45) is 0. The summed E-state index contributed by atoms with van der Waals surface area (Å²) >= 11 is 3.32. The predicted molar refractivity (Wildman–Crippen MR) is 89.9 cm³/mol. The lowest BCUT2D eigenvalue weighted by Gasteiger charge is -2.12. The zero-order chi connectivity index (χ0) is 15.2. The van der Waals surface area contributed by atoms with Gasteiger partial charge in [-0.15, -0.1) is 0 Å². The second kappa shape index (κ2) is 7.36. The van der Waals surface area contributed by atoms with Crippen LogP contribution in [0.4, 0.5) is 5.69 Å². The predicted octanol–water partition coefficient (Wildman–Crippen LogP) is 4.80. The number of phenols is 1. The van der Waals surface area contributed by atoms with Crippen molar-refractivity contribution >= 4 is 21.6 Å². The molecule has 0 saturated heterocycles. The smallest absolute Gasteiger partial charge is 0.134 e. The van der Waals surface area contributed by atoms with E-state index in [2.05, 4.69) is 35.1 Å². The highest BCUT2D eigenvalue weighted by Gasteiger charge is 2.05. The molecule has 0 saturated carbocycles. The molecular weight excluding hydrogens is 330 g/mol. The molecular formula is C17H20BrNO2. The average Bonchev–Trinajstić information content (AvgIpc) is 2.47. The number of anilines is 1. The molecule has 2 aromatic carbocycles. The van der Waals surface area contributed by atoms with Crippen LogP contribution < -0.4 is 10.1 Å². The van der Waals surface area contributed by atoms with Crippen LogP contribution in [0.15, 0.2) is 46.9 Å². The Balaban J connectivity index is 2.00. The number of benzene rings is 2. The summed E-state index contributed by atoms with van der Waals surface area (Å²) in [6.45, 7) is 5.51. The molecule has 2 rings (SSSR count). The first-order valence-corrected chi connectivity index (χ1v) is 7.78. The number of hydrogen-bond donors (Lipinski definition) is 2. The summed E-state index contributed by atoms with van der Waals surface area (Å²) in [5.74, 6) is 1.63. The highest BCUT2D eigenvalue weighted by atomic mass is 79.9. The standard InChI is InChI=1S/C17H20BrNO2/c1-12(2)11-21-15-7-4-6-14(9-15)19-10-13-5-3-8-16(18)17(13)20/h3-9,12,19-20H,10-11H2,1-2H3. The number of para-hydroxylation sites is 1. The maximum absolute atomic E-state index is 9.96. The van der Waals surface area contributed by atoms with Crippen LogP contribution in [-0.4, -0.2) is 11.7 Å². The second-order valence-corrected chi connectivity index (χ2v) is 6.19. The van der Waals surface area contributed by atoms with Crippen molar-refractivity contribution in [3.05, 3.63) is 52.5 Å². The van der Waals surface area contributed by atoms with Gasteiger partial charge in [-0.1, -0.05) is 32.0 Å². The summed E-state index contributed by atoms with van der Waals surface area (Å²) in [7, 11) is 0. The average molecular weight is 350 g/mol. The highest BCUT2D eigenvalue weighted by molar-refractivity contribution is 9.10. The van der Waals surface area contributed by atoms with E-state index in [-0.39, 0.29) is 5.75 Å². The normalized spacial score (nSPS) is 10.7. The summed E-state index contributed by atoms with van der Waals surface area (Å²) < 4.78 is 6.41. The summed E-state index contributed by atoms with van der Waals surface area (Å²) in [5.41, 5.74) is 1.81. The molecule has 0 aliphatic heterocycles. The molecule has 0 aromatic heterocycles. The van der Waals surface area contributed by atoms with Gasteiger partial charge in [0, 0.05) is 23.9 Å². The van der Waals surface area contributed by atoms with E-state index < -0.39 is 0 Å². The zero-order valence-electron chi connectivity index (χ0n) is 12.3. The number of halogens is 1. The van der Waals surface area contributed by atoms with Crippen molar-refractivity contribution < 1.29 is 9.84 Å². The lowest BCUT2D eigenvalue weighted by Crippen LogP contribution is -2.05. The van der Waals surface area contributed by atoms with E-state index in [1.807, 2.05) is 42.5 Å². The Morgan fingerprint density at radius 2 is 1.95 bits per heavy atom. The number of hydrogen-bond acceptors (Lipinski definition) is 3. The van der Waals surface area contributed by atoms with Gasteiger partial charge >= 0.3 is 0 Å². The molecule has 112 valence electrons. The molecule has 0 aliphatic carbocycles. The summed E-state index contributed by atoms with van der Waals surface area (Å²) in [5, 5.41) is 13.3.